The summed E-state index contributed by atoms with van der Waals surface area (Å²) >= 11 is 0. The van der Waals surface area contributed by atoms with Gasteiger partial charge in [0.05, 0.1) is 5.84 Å². The van der Waals surface area contributed by atoms with Gasteiger partial charge in [-0.3, -0.25) is 5.41 Å². The molecule has 0 saturated carbocycles. The van der Waals surface area contributed by atoms with Gasteiger partial charge in [-0.1, -0.05) is 33.1 Å². The lowest BCUT2D eigenvalue weighted by atomic mass is 9.86. The van der Waals surface area contributed by atoms with E-state index in [-0.39, 0.29) is 5.41 Å². The summed E-state index contributed by atoms with van der Waals surface area (Å²) in [5.74, 6) is 0.326. The second-order valence-electron chi connectivity index (χ2n) is 6.01. The first-order chi connectivity index (χ1) is 8.02. The number of nitrogens with one attached hydrogen (secondary N) is 1. The van der Waals surface area contributed by atoms with Gasteiger partial charge in [0.25, 0.3) is 0 Å². The molecule has 3 heteroatoms. The van der Waals surface area contributed by atoms with E-state index in [0.29, 0.717) is 5.84 Å². The molecule has 0 atom stereocenters. The van der Waals surface area contributed by atoms with E-state index in [1.165, 1.54) is 58.2 Å². The predicted octanol–water partition coefficient (Wildman–Crippen LogP) is 2.99. The molecule has 3 nitrogen and oxygen atoms in total. The third-order valence-electron chi connectivity index (χ3n) is 3.95. The summed E-state index contributed by atoms with van der Waals surface area (Å²) in [5.41, 5.74) is 5.48. The molecule has 1 aliphatic rings. The highest BCUT2D eigenvalue weighted by molar-refractivity contribution is 5.82. The molecule has 0 aromatic carbocycles. The van der Waals surface area contributed by atoms with Gasteiger partial charge in [-0.15, -0.1) is 0 Å². The fourth-order valence-corrected chi connectivity index (χ4v) is 2.40. The van der Waals surface area contributed by atoms with E-state index in [1.54, 1.807) is 0 Å². The number of nitrogens with zero attached hydrogens (tertiary/aromatic N) is 1. The van der Waals surface area contributed by atoms with Crippen LogP contribution in [0.5, 0.6) is 0 Å². The van der Waals surface area contributed by atoms with Crippen molar-refractivity contribution in [3.63, 3.8) is 0 Å². The van der Waals surface area contributed by atoms with Gasteiger partial charge < -0.3 is 10.6 Å². The van der Waals surface area contributed by atoms with Crippen LogP contribution in [-0.2, 0) is 0 Å². The maximum atomic E-state index is 7.52. The molecule has 100 valence electrons. The quantitative estimate of drug-likeness (QED) is 0.425. The Morgan fingerprint density at radius 2 is 1.71 bits per heavy atom. The van der Waals surface area contributed by atoms with Crippen LogP contribution < -0.4 is 5.73 Å². The zero-order valence-corrected chi connectivity index (χ0v) is 11.6. The molecule has 1 aliphatic heterocycles. The van der Waals surface area contributed by atoms with Crippen molar-refractivity contribution < 1.29 is 0 Å². The lowest BCUT2D eigenvalue weighted by Gasteiger charge is -2.24. The molecule has 0 amide bonds. The number of hydrogen-bond donors (Lipinski definition) is 2. The third-order valence-corrected chi connectivity index (χ3v) is 3.95. The van der Waals surface area contributed by atoms with Crippen LogP contribution in [0.3, 0.4) is 0 Å². The Hall–Kier alpha value is -0.570. The summed E-state index contributed by atoms with van der Waals surface area (Å²) in [7, 11) is 0. The topological polar surface area (TPSA) is 53.1 Å². The molecule has 0 bridgehead atoms. The smallest absolute Gasteiger partial charge is 0.0963 e. The van der Waals surface area contributed by atoms with Crippen molar-refractivity contribution in [1.82, 2.24) is 4.90 Å². The fraction of sp³-hybridized carbons (Fsp3) is 0.929. The van der Waals surface area contributed by atoms with E-state index >= 15 is 0 Å². The van der Waals surface area contributed by atoms with Gasteiger partial charge >= 0.3 is 0 Å². The minimum Gasteiger partial charge on any atom is -0.387 e. The molecular weight excluding hydrogens is 210 g/mol. The average molecular weight is 239 g/mol. The first-order valence-corrected chi connectivity index (χ1v) is 7.09. The Morgan fingerprint density at radius 1 is 1.12 bits per heavy atom. The molecule has 0 aliphatic carbocycles. The highest BCUT2D eigenvalue weighted by Crippen LogP contribution is 2.22. The molecule has 1 saturated heterocycles. The van der Waals surface area contributed by atoms with Crippen LogP contribution in [0.4, 0.5) is 0 Å². The molecule has 0 radical (unpaired) electrons. The highest BCUT2D eigenvalue weighted by atomic mass is 15.1. The molecule has 0 aromatic rings. The Kier molecular flexibility index (Phi) is 5.96. The first-order valence-electron chi connectivity index (χ1n) is 7.09. The molecule has 17 heavy (non-hydrogen) atoms. The van der Waals surface area contributed by atoms with Crippen LogP contribution in [0.15, 0.2) is 0 Å². The van der Waals surface area contributed by atoms with Crippen LogP contribution in [-0.4, -0.2) is 30.4 Å². The van der Waals surface area contributed by atoms with E-state index in [0.717, 1.165) is 6.42 Å². The van der Waals surface area contributed by atoms with Crippen molar-refractivity contribution in [2.24, 2.45) is 11.1 Å². The van der Waals surface area contributed by atoms with Crippen molar-refractivity contribution in [3.8, 4) is 0 Å². The van der Waals surface area contributed by atoms with Gasteiger partial charge in [0, 0.05) is 5.41 Å². The predicted molar refractivity (Wildman–Crippen MR) is 74.5 cm³/mol. The molecule has 1 heterocycles. The summed E-state index contributed by atoms with van der Waals surface area (Å²) in [4.78, 5) is 2.60. The van der Waals surface area contributed by atoms with Crippen molar-refractivity contribution >= 4 is 5.84 Å². The maximum Gasteiger partial charge on any atom is 0.0963 e. The van der Waals surface area contributed by atoms with Crippen LogP contribution in [0.1, 0.15) is 58.8 Å². The van der Waals surface area contributed by atoms with Crippen LogP contribution >= 0.6 is 0 Å². The molecular formula is C14H29N3. The van der Waals surface area contributed by atoms with E-state index in [4.69, 9.17) is 11.1 Å². The average Bonchev–Trinajstić information content (AvgIpc) is 2.52. The van der Waals surface area contributed by atoms with Crippen molar-refractivity contribution in [2.75, 3.05) is 19.6 Å². The number of likely N-dealkylation sites (tertiary alicyclic amines) is 1. The van der Waals surface area contributed by atoms with Crippen molar-refractivity contribution in [1.29, 1.82) is 5.41 Å². The van der Waals surface area contributed by atoms with E-state index in [1.807, 2.05) is 0 Å². The lowest BCUT2D eigenvalue weighted by molar-refractivity contribution is 0.273. The molecule has 3 N–H and O–H groups in total. The maximum absolute atomic E-state index is 7.52. The Balaban J connectivity index is 2.12. The van der Waals surface area contributed by atoms with Gasteiger partial charge in [0.15, 0.2) is 0 Å². The van der Waals surface area contributed by atoms with Crippen molar-refractivity contribution in [3.05, 3.63) is 0 Å². The fourth-order valence-electron chi connectivity index (χ4n) is 2.40. The SMILES string of the molecule is CC(C)(CCCCN1CCCCCC1)C(=N)N. The Labute approximate surface area is 106 Å². The molecule has 0 spiro atoms. The summed E-state index contributed by atoms with van der Waals surface area (Å²) in [6.07, 6.45) is 9.04. The molecule has 0 unspecified atom stereocenters. The first kappa shape index (κ1) is 14.5. The molecule has 1 fully saturated rings. The molecule has 0 aromatic heterocycles. The minimum absolute atomic E-state index is 0.112. The Morgan fingerprint density at radius 3 is 2.24 bits per heavy atom. The number of unbranched alkanes of at least 4 members (excludes halogenated alkanes) is 1. The number of hydrogen-bond acceptors (Lipinski definition) is 2. The normalized spacial score (nSPS) is 18.9. The zero-order valence-electron chi connectivity index (χ0n) is 11.6. The van der Waals surface area contributed by atoms with E-state index in [9.17, 15) is 0 Å². The summed E-state index contributed by atoms with van der Waals surface area (Å²) in [6, 6.07) is 0. The minimum atomic E-state index is -0.112. The standard InChI is InChI=1S/C14H29N3/c1-14(2,13(15)16)9-5-8-12-17-10-6-3-4-7-11-17/h3-12H2,1-2H3,(H3,15,16). The highest BCUT2D eigenvalue weighted by Gasteiger charge is 2.20. The van der Waals surface area contributed by atoms with Gasteiger partial charge in [-0.25, -0.2) is 0 Å². The largest absolute Gasteiger partial charge is 0.387 e. The van der Waals surface area contributed by atoms with Gasteiger partial charge in [-0.05, 0) is 45.3 Å². The lowest BCUT2D eigenvalue weighted by Crippen LogP contribution is -2.31. The van der Waals surface area contributed by atoms with Gasteiger partial charge in [0.1, 0.15) is 0 Å². The monoisotopic (exact) mass is 239 g/mol. The van der Waals surface area contributed by atoms with Crippen LogP contribution in [0.2, 0.25) is 0 Å². The van der Waals surface area contributed by atoms with E-state index < -0.39 is 0 Å². The van der Waals surface area contributed by atoms with Crippen molar-refractivity contribution in [2.45, 2.75) is 58.8 Å². The number of rotatable bonds is 6. The number of nitrogens with two attached hydrogens (primary N) is 1. The summed E-state index contributed by atoms with van der Waals surface area (Å²) in [5, 5.41) is 7.52. The van der Waals surface area contributed by atoms with Gasteiger partial charge in [-0.2, -0.15) is 0 Å². The van der Waals surface area contributed by atoms with Crippen LogP contribution in [0.25, 0.3) is 0 Å². The van der Waals surface area contributed by atoms with Crippen LogP contribution in [0, 0.1) is 10.8 Å². The second-order valence-corrected chi connectivity index (χ2v) is 6.01. The van der Waals surface area contributed by atoms with Gasteiger partial charge in [0.2, 0.25) is 0 Å². The Bertz CT molecular complexity index is 228. The zero-order chi connectivity index (χ0) is 12.7. The second kappa shape index (κ2) is 7.00. The molecule has 1 rings (SSSR count). The third kappa shape index (κ3) is 5.53. The number of amidine groups is 1. The summed E-state index contributed by atoms with van der Waals surface area (Å²) < 4.78 is 0. The van der Waals surface area contributed by atoms with E-state index in [2.05, 4.69) is 18.7 Å². The summed E-state index contributed by atoms with van der Waals surface area (Å²) in [6.45, 7) is 7.95.